The van der Waals surface area contributed by atoms with Gasteiger partial charge >= 0.3 is 0 Å². The second-order valence-corrected chi connectivity index (χ2v) is 6.36. The molecule has 0 radical (unpaired) electrons. The summed E-state index contributed by atoms with van der Waals surface area (Å²) in [5, 5.41) is 18.5. The lowest BCUT2D eigenvalue weighted by Crippen LogP contribution is -2.10. The Morgan fingerprint density at radius 3 is 2.75 bits per heavy atom. The summed E-state index contributed by atoms with van der Waals surface area (Å²) in [5.74, 6) is -1.03. The Labute approximate surface area is 142 Å². The van der Waals surface area contributed by atoms with Gasteiger partial charge in [-0.25, -0.2) is 0 Å². The number of hydrogen-bond acceptors (Lipinski definition) is 8. The predicted octanol–water partition coefficient (Wildman–Crippen LogP) is 2.75. The molecule has 0 saturated heterocycles. The van der Waals surface area contributed by atoms with Gasteiger partial charge in [0.1, 0.15) is 5.75 Å². The first-order valence-corrected chi connectivity index (χ1v) is 8.34. The van der Waals surface area contributed by atoms with Crippen LogP contribution >= 0.6 is 11.5 Å². The number of nitrogens with two attached hydrogens (primary N) is 1. The molecular formula is C14H9N4O4S2-. The smallest absolute Gasteiger partial charge is 0.252 e. The van der Waals surface area contributed by atoms with Crippen LogP contribution in [0.2, 0.25) is 0 Å². The van der Waals surface area contributed by atoms with Crippen molar-refractivity contribution in [2.24, 2.45) is 16.0 Å². The van der Waals surface area contributed by atoms with Crippen LogP contribution in [0.5, 0.6) is 5.75 Å². The van der Waals surface area contributed by atoms with Gasteiger partial charge in [0.15, 0.2) is 5.00 Å². The van der Waals surface area contributed by atoms with Gasteiger partial charge in [-0.05, 0) is 59.0 Å². The van der Waals surface area contributed by atoms with Crippen molar-refractivity contribution in [1.82, 2.24) is 4.37 Å². The Kier molecular flexibility index (Phi) is 4.34. The van der Waals surface area contributed by atoms with Crippen molar-refractivity contribution in [1.29, 1.82) is 0 Å². The van der Waals surface area contributed by atoms with Gasteiger partial charge in [0.2, 0.25) is 0 Å². The molecule has 0 fully saturated rings. The Bertz CT molecular complexity index is 1000. The molecule has 0 saturated carbocycles. The number of phenols is 1. The van der Waals surface area contributed by atoms with Gasteiger partial charge in [0.25, 0.3) is 5.91 Å². The highest BCUT2D eigenvalue weighted by atomic mass is 32.2. The lowest BCUT2D eigenvalue weighted by atomic mass is 10.2. The van der Waals surface area contributed by atoms with E-state index >= 15 is 0 Å². The zero-order chi connectivity index (χ0) is 17.3. The number of primary amides is 1. The lowest BCUT2D eigenvalue weighted by Gasteiger charge is -2.03. The van der Waals surface area contributed by atoms with Crippen LogP contribution in [0.3, 0.4) is 0 Å². The van der Waals surface area contributed by atoms with Gasteiger partial charge in [0, 0.05) is 10.3 Å². The van der Waals surface area contributed by atoms with Crippen molar-refractivity contribution in [2.75, 3.05) is 0 Å². The molecule has 122 valence electrons. The monoisotopic (exact) mass is 361 g/mol. The molecule has 10 heteroatoms. The topological polar surface area (TPSA) is 141 Å². The third kappa shape index (κ3) is 3.15. The zero-order valence-corrected chi connectivity index (χ0v) is 13.5. The minimum Gasteiger partial charge on any atom is -0.768 e. The fourth-order valence-electron chi connectivity index (χ4n) is 1.97. The molecule has 0 aliphatic rings. The van der Waals surface area contributed by atoms with Crippen molar-refractivity contribution in [3.8, 4) is 5.75 Å². The number of carbonyl (C=O) groups excluding carboxylic acids is 1. The van der Waals surface area contributed by atoms with E-state index in [9.17, 15) is 18.7 Å². The highest BCUT2D eigenvalue weighted by molar-refractivity contribution is 7.79. The van der Waals surface area contributed by atoms with Crippen molar-refractivity contribution in [3.63, 3.8) is 0 Å². The molecule has 1 aromatic heterocycles. The Balaban J connectivity index is 1.99. The first-order chi connectivity index (χ1) is 11.5. The summed E-state index contributed by atoms with van der Waals surface area (Å²) in [7, 11) is 0. The molecule has 1 amide bonds. The SMILES string of the molecule is NC(=O)c1cc(N=Nc2snc3ccc(S(=O)[O-])cc23)ccc1O. The molecule has 3 N–H and O–H groups in total. The second-order valence-electron chi connectivity index (χ2n) is 4.67. The van der Waals surface area contributed by atoms with E-state index < -0.39 is 17.0 Å². The van der Waals surface area contributed by atoms with Crippen molar-refractivity contribution < 1.29 is 18.7 Å². The number of azo groups is 1. The van der Waals surface area contributed by atoms with E-state index in [1.54, 1.807) is 6.07 Å². The van der Waals surface area contributed by atoms with Crippen LogP contribution in [0.15, 0.2) is 51.5 Å². The quantitative estimate of drug-likeness (QED) is 0.543. The normalized spacial score (nSPS) is 12.7. The molecule has 0 spiro atoms. The Morgan fingerprint density at radius 1 is 1.25 bits per heavy atom. The number of fused-ring (bicyclic) bond motifs is 1. The molecule has 0 bridgehead atoms. The molecule has 3 rings (SSSR count). The third-order valence-electron chi connectivity index (χ3n) is 3.12. The van der Waals surface area contributed by atoms with Crippen LogP contribution in [-0.4, -0.2) is 24.1 Å². The maximum absolute atomic E-state index is 11.2. The van der Waals surface area contributed by atoms with Crippen molar-refractivity contribution in [2.45, 2.75) is 4.90 Å². The summed E-state index contributed by atoms with van der Waals surface area (Å²) in [6.45, 7) is 0. The maximum Gasteiger partial charge on any atom is 0.252 e. The van der Waals surface area contributed by atoms with Crippen LogP contribution in [0.4, 0.5) is 10.7 Å². The van der Waals surface area contributed by atoms with Crippen LogP contribution in [0.25, 0.3) is 10.9 Å². The molecule has 1 atom stereocenters. The molecule has 1 heterocycles. The van der Waals surface area contributed by atoms with Gasteiger partial charge in [-0.2, -0.15) is 4.37 Å². The second kappa shape index (κ2) is 6.43. The standard InChI is InChI=1S/C14H10N4O4S2/c15-13(20)10-5-7(1-4-12(10)19)16-17-14-9-6-8(24(21)22)2-3-11(9)18-23-14/h1-6,19H,(H2,15,20)(H,21,22)/p-1. The van der Waals surface area contributed by atoms with Gasteiger partial charge < -0.3 is 15.4 Å². The molecule has 3 aromatic rings. The third-order valence-corrected chi connectivity index (χ3v) is 4.52. The fourth-order valence-corrected chi connectivity index (χ4v) is 3.05. The number of rotatable bonds is 4. The van der Waals surface area contributed by atoms with Crippen LogP contribution < -0.4 is 5.73 Å². The van der Waals surface area contributed by atoms with E-state index in [4.69, 9.17) is 5.73 Å². The summed E-state index contributed by atoms with van der Waals surface area (Å²) < 4.78 is 26.3. The Morgan fingerprint density at radius 2 is 2.04 bits per heavy atom. The van der Waals surface area contributed by atoms with Gasteiger partial charge in [0.05, 0.1) is 16.8 Å². The number of nitrogens with zero attached hydrogens (tertiary/aromatic N) is 3. The minimum atomic E-state index is -2.35. The van der Waals surface area contributed by atoms with Crippen molar-refractivity contribution >= 4 is 50.1 Å². The molecule has 8 nitrogen and oxygen atoms in total. The first kappa shape index (κ1) is 16.2. The van der Waals surface area contributed by atoms with E-state index in [0.717, 1.165) is 11.5 Å². The largest absolute Gasteiger partial charge is 0.768 e. The highest BCUT2D eigenvalue weighted by Crippen LogP contribution is 2.33. The maximum atomic E-state index is 11.2. The van der Waals surface area contributed by atoms with E-state index in [-0.39, 0.29) is 16.2 Å². The molecule has 0 aliphatic carbocycles. The van der Waals surface area contributed by atoms with E-state index in [1.165, 1.54) is 30.3 Å². The summed E-state index contributed by atoms with van der Waals surface area (Å²) in [4.78, 5) is 11.3. The van der Waals surface area contributed by atoms with Gasteiger partial charge in [-0.1, -0.05) is 0 Å². The molecule has 0 aliphatic heterocycles. The molecule has 2 aromatic carbocycles. The van der Waals surface area contributed by atoms with Crippen molar-refractivity contribution in [3.05, 3.63) is 42.0 Å². The number of carbonyl (C=O) groups is 1. The minimum absolute atomic E-state index is 0.0651. The number of benzene rings is 2. The summed E-state index contributed by atoms with van der Waals surface area (Å²) in [5.41, 5.74) is 6.01. The molecule has 1 unspecified atom stereocenters. The number of amides is 1. The number of aromatic nitrogens is 1. The fraction of sp³-hybridized carbons (Fsp3) is 0. The van der Waals surface area contributed by atoms with E-state index in [2.05, 4.69) is 14.6 Å². The summed E-state index contributed by atoms with van der Waals surface area (Å²) >= 11 is -1.29. The predicted molar refractivity (Wildman–Crippen MR) is 87.6 cm³/mol. The molecule has 24 heavy (non-hydrogen) atoms. The van der Waals surface area contributed by atoms with Crippen LogP contribution in [0, 0.1) is 0 Å². The van der Waals surface area contributed by atoms with Crippen LogP contribution in [0.1, 0.15) is 10.4 Å². The number of hydrogen-bond donors (Lipinski definition) is 2. The highest BCUT2D eigenvalue weighted by Gasteiger charge is 2.09. The zero-order valence-electron chi connectivity index (χ0n) is 11.9. The average molecular weight is 361 g/mol. The molecular weight excluding hydrogens is 352 g/mol. The first-order valence-electron chi connectivity index (χ1n) is 6.49. The summed E-state index contributed by atoms with van der Waals surface area (Å²) in [6.07, 6.45) is 0. The number of aromatic hydroxyl groups is 1. The van der Waals surface area contributed by atoms with Gasteiger partial charge in [-0.3, -0.25) is 9.00 Å². The lowest BCUT2D eigenvalue weighted by molar-refractivity contribution is 0.0998. The average Bonchev–Trinajstić information content (AvgIpc) is 2.96. The summed E-state index contributed by atoms with van der Waals surface area (Å²) in [6, 6.07) is 8.56. The van der Waals surface area contributed by atoms with E-state index in [1.807, 2.05) is 0 Å². The van der Waals surface area contributed by atoms with Gasteiger partial charge in [-0.15, -0.1) is 10.2 Å². The van der Waals surface area contributed by atoms with Crippen LogP contribution in [-0.2, 0) is 11.1 Å². The Hall–Kier alpha value is -2.69. The van der Waals surface area contributed by atoms with E-state index in [0.29, 0.717) is 21.6 Å².